The molecular formula is C37H42O8. The molecule has 2 N–H and O–H groups in total. The Morgan fingerprint density at radius 3 is 2.31 bits per heavy atom. The molecule has 1 saturated heterocycles. The van der Waals surface area contributed by atoms with Crippen LogP contribution in [0.1, 0.15) is 96.1 Å². The van der Waals surface area contributed by atoms with Gasteiger partial charge in [0.1, 0.15) is 28.4 Å². The van der Waals surface area contributed by atoms with E-state index >= 15 is 0 Å². The number of carboxylic acid groups (broad SMARTS) is 1. The minimum absolute atomic E-state index is 0.0496. The zero-order chi connectivity index (χ0) is 32.9. The smallest absolute Gasteiger partial charge is 0.330 e. The van der Waals surface area contributed by atoms with Gasteiger partial charge in [-0.2, -0.15) is 0 Å². The number of hydrogen-bond acceptors (Lipinski definition) is 7. The zero-order valence-corrected chi connectivity index (χ0v) is 27.3. The van der Waals surface area contributed by atoms with Gasteiger partial charge in [0.05, 0.1) is 11.2 Å². The molecule has 3 aliphatic heterocycles. The summed E-state index contributed by atoms with van der Waals surface area (Å²) in [5, 5.41) is 21.4. The number of aliphatic carboxylic acids is 1. The van der Waals surface area contributed by atoms with E-state index in [0.29, 0.717) is 41.7 Å². The zero-order valence-electron chi connectivity index (χ0n) is 27.3. The molecule has 0 amide bonds. The molecule has 3 heterocycles. The fourth-order valence-corrected chi connectivity index (χ4v) is 7.91. The standard InChI is InChI=1S/C37H42O8/c1-19(2)9-10-24-30-23(13-15-35(8,43-30)14-11-20(3)4)28(38)27-29(39)25-17-22-18-26-34(6,7)45-36(32(22)40,16-12-21(5)33(41)42)37(25,26)44-31(24)27/h9,11-13,15,17,22,26,38H,10,14,16,18H2,1-8H3,(H,41,42)/b21-12-/t22-,26+,35-,36+,37-/m1/s1. The number of carbonyl (C=O) groups excluding carboxylic acids is 2. The number of aromatic hydroxyl groups is 1. The maximum absolute atomic E-state index is 14.7. The molecular weight excluding hydrogens is 572 g/mol. The van der Waals surface area contributed by atoms with Crippen molar-refractivity contribution < 1.29 is 38.8 Å². The van der Waals surface area contributed by atoms with E-state index in [1.807, 2.05) is 66.7 Å². The first-order chi connectivity index (χ1) is 21.0. The Labute approximate surface area is 264 Å². The number of fused-ring (bicyclic) bond motifs is 2. The van der Waals surface area contributed by atoms with Gasteiger partial charge in [-0.15, -0.1) is 0 Å². The summed E-state index contributed by atoms with van der Waals surface area (Å²) in [5.74, 6) is -2.31. The highest BCUT2D eigenvalue weighted by atomic mass is 16.6. The van der Waals surface area contributed by atoms with Gasteiger partial charge < -0.3 is 24.4 Å². The average molecular weight is 615 g/mol. The van der Waals surface area contributed by atoms with Crippen molar-refractivity contribution in [3.8, 4) is 17.2 Å². The highest BCUT2D eigenvalue weighted by molar-refractivity contribution is 6.19. The molecule has 3 aliphatic carbocycles. The van der Waals surface area contributed by atoms with E-state index in [2.05, 4.69) is 6.08 Å². The Balaban J connectivity index is 1.62. The van der Waals surface area contributed by atoms with Crippen LogP contribution in [-0.2, 0) is 20.7 Å². The summed E-state index contributed by atoms with van der Waals surface area (Å²) in [6.07, 6.45) is 12.3. The van der Waals surface area contributed by atoms with E-state index in [-0.39, 0.29) is 40.8 Å². The number of ether oxygens (including phenoxy) is 3. The van der Waals surface area contributed by atoms with E-state index < -0.39 is 40.1 Å². The second kappa shape index (κ2) is 10.0. The molecule has 1 spiro atoms. The van der Waals surface area contributed by atoms with Crippen LogP contribution in [0.3, 0.4) is 0 Å². The number of ketones is 2. The third kappa shape index (κ3) is 4.32. The highest BCUT2D eigenvalue weighted by Gasteiger charge is 2.81. The molecule has 1 aromatic rings. The Morgan fingerprint density at radius 2 is 1.67 bits per heavy atom. The number of hydrogen-bond donors (Lipinski definition) is 2. The second-order valence-corrected chi connectivity index (χ2v) is 14.4. The van der Waals surface area contributed by atoms with E-state index in [0.717, 1.165) is 11.1 Å². The van der Waals surface area contributed by atoms with E-state index in [9.17, 15) is 24.6 Å². The lowest BCUT2D eigenvalue weighted by Crippen LogP contribution is -2.72. The van der Waals surface area contributed by atoms with Crippen molar-refractivity contribution in [1.29, 1.82) is 0 Å². The van der Waals surface area contributed by atoms with Crippen LogP contribution in [0, 0.1) is 11.8 Å². The number of phenolic OH excluding ortho intramolecular Hbond substituents is 1. The minimum Gasteiger partial charge on any atom is -0.506 e. The number of phenols is 1. The van der Waals surface area contributed by atoms with Gasteiger partial charge in [-0.05, 0) is 80.4 Å². The lowest BCUT2D eigenvalue weighted by Gasteiger charge is -2.56. The minimum atomic E-state index is -1.63. The molecule has 238 valence electrons. The van der Waals surface area contributed by atoms with E-state index in [4.69, 9.17) is 14.2 Å². The predicted octanol–water partition coefficient (Wildman–Crippen LogP) is 6.85. The lowest BCUT2D eigenvalue weighted by molar-refractivity contribution is -0.171. The number of carbonyl (C=O) groups is 3. The Kier molecular flexibility index (Phi) is 6.94. The van der Waals surface area contributed by atoms with Crippen molar-refractivity contribution in [2.75, 3.05) is 0 Å². The van der Waals surface area contributed by atoms with E-state index in [1.165, 1.54) is 13.0 Å². The summed E-state index contributed by atoms with van der Waals surface area (Å²) in [7, 11) is 0. The van der Waals surface area contributed by atoms with Crippen LogP contribution < -0.4 is 9.47 Å². The first-order valence-electron chi connectivity index (χ1n) is 15.7. The predicted molar refractivity (Wildman–Crippen MR) is 170 cm³/mol. The van der Waals surface area contributed by atoms with Crippen molar-refractivity contribution in [1.82, 2.24) is 0 Å². The van der Waals surface area contributed by atoms with Crippen LogP contribution in [0.4, 0.5) is 0 Å². The number of carboxylic acids is 1. The van der Waals surface area contributed by atoms with Gasteiger partial charge in [-0.25, -0.2) is 4.79 Å². The molecule has 0 radical (unpaired) electrons. The monoisotopic (exact) mass is 614 g/mol. The first kappa shape index (κ1) is 31.1. The molecule has 8 heteroatoms. The molecule has 7 rings (SSSR count). The van der Waals surface area contributed by atoms with Crippen molar-refractivity contribution in [2.24, 2.45) is 11.8 Å². The Morgan fingerprint density at radius 1 is 0.978 bits per heavy atom. The SMILES string of the molecule is CC(C)=CCc1c2c(c(O)c3c1O[C@]14C(=C[C@@H]5C[C@H]1C(C)(C)O[C@@]4(C/C=C(/C)C(=O)O)C5=O)C3=O)C=C[C@@](C)(CC=C(C)C)O2. The number of benzene rings is 1. The van der Waals surface area contributed by atoms with Crippen LogP contribution in [0.25, 0.3) is 6.08 Å². The molecule has 5 atom stereocenters. The van der Waals surface area contributed by atoms with Crippen LogP contribution >= 0.6 is 0 Å². The number of Topliss-reactive ketones (excluding diaryl/α,β-unsaturated/α-hetero) is 2. The van der Waals surface area contributed by atoms with Gasteiger partial charge in [-0.1, -0.05) is 35.5 Å². The maximum Gasteiger partial charge on any atom is 0.330 e. The maximum atomic E-state index is 14.7. The van der Waals surface area contributed by atoms with Gasteiger partial charge in [0.2, 0.25) is 0 Å². The fraction of sp³-hybridized carbons (Fsp3) is 0.486. The first-order valence-corrected chi connectivity index (χ1v) is 15.7. The highest BCUT2D eigenvalue weighted by Crippen LogP contribution is 2.68. The number of allylic oxidation sites excluding steroid dienone is 4. The summed E-state index contributed by atoms with van der Waals surface area (Å²) in [4.78, 5) is 40.7. The Hall–Kier alpha value is -3.91. The van der Waals surface area contributed by atoms with E-state index in [1.54, 1.807) is 6.08 Å². The quantitative estimate of drug-likeness (QED) is 0.253. The van der Waals surface area contributed by atoms with Crippen molar-refractivity contribution in [2.45, 2.75) is 103 Å². The average Bonchev–Trinajstić information content (AvgIpc) is 3.11. The topological polar surface area (TPSA) is 119 Å². The molecule has 4 bridgehead atoms. The molecule has 2 fully saturated rings. The molecule has 1 saturated carbocycles. The number of rotatable bonds is 7. The van der Waals surface area contributed by atoms with Crippen molar-refractivity contribution in [3.05, 3.63) is 69.4 Å². The summed E-state index contributed by atoms with van der Waals surface area (Å²) in [5.41, 5.74) is -1.09. The van der Waals surface area contributed by atoms with Crippen molar-refractivity contribution in [3.63, 3.8) is 0 Å². The van der Waals surface area contributed by atoms with Crippen LogP contribution in [0.5, 0.6) is 17.2 Å². The van der Waals surface area contributed by atoms with Gasteiger partial charge in [0.15, 0.2) is 22.8 Å². The molecule has 8 nitrogen and oxygen atoms in total. The Bertz CT molecular complexity index is 1710. The largest absolute Gasteiger partial charge is 0.506 e. The van der Waals surface area contributed by atoms with Crippen molar-refractivity contribution >= 4 is 23.6 Å². The molecule has 6 aliphatic rings. The summed E-state index contributed by atoms with van der Waals surface area (Å²) >= 11 is 0. The van der Waals surface area contributed by atoms with Gasteiger partial charge in [0.25, 0.3) is 0 Å². The van der Waals surface area contributed by atoms with Gasteiger partial charge >= 0.3 is 5.97 Å². The molecule has 1 aromatic carbocycles. The third-order valence-corrected chi connectivity index (χ3v) is 10.2. The lowest BCUT2D eigenvalue weighted by atomic mass is 9.51. The van der Waals surface area contributed by atoms with Crippen LogP contribution in [0.2, 0.25) is 0 Å². The molecule has 0 unspecified atom stereocenters. The van der Waals surface area contributed by atoms with Crippen LogP contribution in [0.15, 0.2) is 52.7 Å². The summed E-state index contributed by atoms with van der Waals surface area (Å²) in [6.45, 7) is 15.2. The van der Waals surface area contributed by atoms with Gasteiger partial charge in [0, 0.05) is 41.4 Å². The third-order valence-electron chi connectivity index (χ3n) is 10.2. The normalized spacial score (nSPS) is 31.6. The second-order valence-electron chi connectivity index (χ2n) is 14.4. The fourth-order valence-electron chi connectivity index (χ4n) is 7.91. The van der Waals surface area contributed by atoms with Gasteiger partial charge in [-0.3, -0.25) is 9.59 Å². The van der Waals surface area contributed by atoms with Crippen LogP contribution in [-0.4, -0.2) is 50.2 Å². The molecule has 45 heavy (non-hydrogen) atoms. The molecule has 0 aromatic heterocycles. The summed E-state index contributed by atoms with van der Waals surface area (Å²) < 4.78 is 20.5. The summed E-state index contributed by atoms with van der Waals surface area (Å²) in [6, 6.07) is 0.